The van der Waals surface area contributed by atoms with E-state index in [1.54, 1.807) is 5.57 Å². The minimum atomic E-state index is 0.963. The average Bonchev–Trinajstić information content (AvgIpc) is 2.64. The molecule has 1 unspecified atom stereocenters. The van der Waals surface area contributed by atoms with Crippen LogP contribution in [0.3, 0.4) is 0 Å². The minimum absolute atomic E-state index is 0.963. The van der Waals surface area contributed by atoms with E-state index < -0.39 is 0 Å². The van der Waals surface area contributed by atoms with Gasteiger partial charge >= 0.3 is 0 Å². The first-order valence-electron chi connectivity index (χ1n) is 5.66. The second kappa shape index (κ2) is 6.53. The van der Waals surface area contributed by atoms with Crippen LogP contribution in [0.15, 0.2) is 11.0 Å². The van der Waals surface area contributed by atoms with Crippen LogP contribution in [0.1, 0.15) is 52.4 Å². The smallest absolute Gasteiger partial charge is 0.00116 e. The summed E-state index contributed by atoms with van der Waals surface area (Å²) in [7, 11) is 0. The summed E-state index contributed by atoms with van der Waals surface area (Å²) in [5.41, 5.74) is 1.72. The molecule has 0 bridgehead atoms. The summed E-state index contributed by atoms with van der Waals surface area (Å²) in [4.78, 5) is 0. The van der Waals surface area contributed by atoms with Crippen molar-refractivity contribution < 1.29 is 0 Å². The zero-order valence-corrected chi connectivity index (χ0v) is 9.83. The van der Waals surface area contributed by atoms with Gasteiger partial charge in [-0.2, -0.15) is 0 Å². The summed E-state index contributed by atoms with van der Waals surface area (Å²) in [6.45, 7) is 4.63. The van der Waals surface area contributed by atoms with Crippen LogP contribution >= 0.6 is 11.8 Å². The Balaban J connectivity index is 2.21. The third-order valence-corrected chi connectivity index (χ3v) is 3.82. The number of hydrogen-bond acceptors (Lipinski definition) is 1. The van der Waals surface area contributed by atoms with Gasteiger partial charge in [0, 0.05) is 5.75 Å². The van der Waals surface area contributed by atoms with Gasteiger partial charge in [0.15, 0.2) is 0 Å². The van der Waals surface area contributed by atoms with Gasteiger partial charge in [-0.15, -0.1) is 11.8 Å². The quantitative estimate of drug-likeness (QED) is 0.600. The Morgan fingerprint density at radius 1 is 1.46 bits per heavy atom. The number of allylic oxidation sites excluding steroid dienone is 1. The Labute approximate surface area is 87.2 Å². The Bertz CT molecular complexity index is 161. The van der Waals surface area contributed by atoms with Crippen LogP contribution in [0.4, 0.5) is 0 Å². The third kappa shape index (κ3) is 4.21. The first-order valence-corrected chi connectivity index (χ1v) is 6.71. The molecule has 0 radical (unpaired) electrons. The topological polar surface area (TPSA) is 0 Å². The zero-order valence-electron chi connectivity index (χ0n) is 9.01. The van der Waals surface area contributed by atoms with Crippen molar-refractivity contribution in [3.05, 3.63) is 11.0 Å². The fourth-order valence-electron chi connectivity index (χ4n) is 1.89. The van der Waals surface area contributed by atoms with E-state index in [0.717, 1.165) is 5.92 Å². The predicted molar refractivity (Wildman–Crippen MR) is 63.1 cm³/mol. The van der Waals surface area contributed by atoms with E-state index in [1.165, 1.54) is 44.3 Å². The van der Waals surface area contributed by atoms with E-state index in [1.807, 2.05) is 11.8 Å². The number of rotatable bonds is 6. The molecule has 0 saturated heterocycles. The van der Waals surface area contributed by atoms with E-state index in [0.29, 0.717) is 0 Å². The van der Waals surface area contributed by atoms with Crippen molar-refractivity contribution in [3.63, 3.8) is 0 Å². The van der Waals surface area contributed by atoms with Crippen molar-refractivity contribution in [2.45, 2.75) is 52.4 Å². The van der Waals surface area contributed by atoms with Crippen molar-refractivity contribution in [2.24, 2.45) is 5.92 Å². The van der Waals surface area contributed by atoms with Crippen LogP contribution in [0.5, 0.6) is 0 Å². The number of hydrogen-bond donors (Lipinski definition) is 0. The Morgan fingerprint density at radius 2 is 2.31 bits per heavy atom. The Morgan fingerprint density at radius 3 is 2.85 bits per heavy atom. The largest absolute Gasteiger partial charge is 0.134 e. The predicted octanol–water partition coefficient (Wildman–Crippen LogP) is 4.61. The Kier molecular flexibility index (Phi) is 5.61. The lowest BCUT2D eigenvalue weighted by atomic mass is 9.92. The van der Waals surface area contributed by atoms with Crippen LogP contribution in [-0.4, -0.2) is 5.75 Å². The molecule has 0 aromatic carbocycles. The third-order valence-electron chi connectivity index (χ3n) is 2.89. The van der Waals surface area contributed by atoms with Gasteiger partial charge in [-0.1, -0.05) is 45.1 Å². The van der Waals surface area contributed by atoms with Gasteiger partial charge in [-0.3, -0.25) is 0 Å². The summed E-state index contributed by atoms with van der Waals surface area (Å²) < 4.78 is 0. The summed E-state index contributed by atoms with van der Waals surface area (Å²) in [6, 6.07) is 0. The second-order valence-electron chi connectivity index (χ2n) is 4.02. The van der Waals surface area contributed by atoms with Gasteiger partial charge in [0.05, 0.1) is 0 Å². The first kappa shape index (κ1) is 11.2. The summed E-state index contributed by atoms with van der Waals surface area (Å²) in [5, 5.41) is 2.40. The SMILES string of the molecule is CCCCC(CC)CC1=CSCC1. The van der Waals surface area contributed by atoms with Crippen molar-refractivity contribution in [1.29, 1.82) is 0 Å². The van der Waals surface area contributed by atoms with Crippen LogP contribution in [-0.2, 0) is 0 Å². The highest BCUT2D eigenvalue weighted by Gasteiger charge is 2.11. The molecular formula is C12H22S. The number of thioether (sulfide) groups is 1. The van der Waals surface area contributed by atoms with E-state index in [4.69, 9.17) is 0 Å². The molecule has 1 rings (SSSR count). The van der Waals surface area contributed by atoms with Gasteiger partial charge in [-0.05, 0) is 24.2 Å². The van der Waals surface area contributed by atoms with Crippen molar-refractivity contribution in [1.82, 2.24) is 0 Å². The molecule has 0 saturated carbocycles. The molecule has 0 aromatic rings. The van der Waals surface area contributed by atoms with Crippen molar-refractivity contribution in [2.75, 3.05) is 5.75 Å². The molecule has 0 N–H and O–H groups in total. The summed E-state index contributed by atoms with van der Waals surface area (Å²) in [5.74, 6) is 2.30. The average molecular weight is 198 g/mol. The lowest BCUT2D eigenvalue weighted by Gasteiger charge is -2.14. The molecule has 1 heteroatoms. The molecule has 13 heavy (non-hydrogen) atoms. The molecule has 76 valence electrons. The Hall–Kier alpha value is 0.0900. The molecule has 0 nitrogen and oxygen atoms in total. The van der Waals surface area contributed by atoms with Gasteiger partial charge in [-0.25, -0.2) is 0 Å². The van der Waals surface area contributed by atoms with Crippen LogP contribution in [0.2, 0.25) is 0 Å². The van der Waals surface area contributed by atoms with Gasteiger partial charge in [0.1, 0.15) is 0 Å². The maximum absolute atomic E-state index is 2.40. The van der Waals surface area contributed by atoms with E-state index in [-0.39, 0.29) is 0 Å². The lowest BCUT2D eigenvalue weighted by molar-refractivity contribution is 0.445. The van der Waals surface area contributed by atoms with E-state index in [2.05, 4.69) is 19.3 Å². The summed E-state index contributed by atoms with van der Waals surface area (Å²) >= 11 is 2.00. The van der Waals surface area contributed by atoms with Crippen LogP contribution in [0, 0.1) is 5.92 Å². The minimum Gasteiger partial charge on any atom is -0.134 e. The standard InChI is InChI=1S/C12H22S/c1-3-5-6-11(4-2)9-12-7-8-13-10-12/h10-11H,3-9H2,1-2H3. The maximum Gasteiger partial charge on any atom is 0.00116 e. The fourth-order valence-corrected chi connectivity index (χ4v) is 2.84. The summed E-state index contributed by atoms with van der Waals surface area (Å²) in [6.07, 6.45) is 8.30. The molecule has 1 atom stereocenters. The van der Waals surface area contributed by atoms with Gasteiger partial charge in [0.2, 0.25) is 0 Å². The molecule has 1 heterocycles. The lowest BCUT2D eigenvalue weighted by Crippen LogP contribution is -2.00. The molecule has 0 aliphatic carbocycles. The van der Waals surface area contributed by atoms with Crippen LogP contribution in [0.25, 0.3) is 0 Å². The molecule has 0 aromatic heterocycles. The van der Waals surface area contributed by atoms with Gasteiger partial charge < -0.3 is 0 Å². The van der Waals surface area contributed by atoms with E-state index >= 15 is 0 Å². The molecular weight excluding hydrogens is 176 g/mol. The van der Waals surface area contributed by atoms with Gasteiger partial charge in [0.25, 0.3) is 0 Å². The first-order chi connectivity index (χ1) is 6.36. The highest BCUT2D eigenvalue weighted by atomic mass is 32.2. The monoisotopic (exact) mass is 198 g/mol. The molecule has 0 fully saturated rings. The highest BCUT2D eigenvalue weighted by Crippen LogP contribution is 2.30. The maximum atomic E-state index is 2.40. The van der Waals surface area contributed by atoms with Crippen molar-refractivity contribution in [3.8, 4) is 0 Å². The molecule has 0 amide bonds. The molecule has 0 spiro atoms. The van der Waals surface area contributed by atoms with Crippen LogP contribution < -0.4 is 0 Å². The van der Waals surface area contributed by atoms with E-state index in [9.17, 15) is 0 Å². The zero-order chi connectivity index (χ0) is 9.52. The molecule has 1 aliphatic heterocycles. The second-order valence-corrected chi connectivity index (χ2v) is 4.99. The fraction of sp³-hybridized carbons (Fsp3) is 0.833. The normalized spacial score (nSPS) is 18.8. The number of unbranched alkanes of at least 4 members (excludes halogenated alkanes) is 1. The van der Waals surface area contributed by atoms with Crippen molar-refractivity contribution >= 4 is 11.8 Å². The highest BCUT2D eigenvalue weighted by molar-refractivity contribution is 8.02. The molecule has 1 aliphatic rings.